The first kappa shape index (κ1) is 11.4. The smallest absolute Gasteiger partial charge is 0.263 e. The van der Waals surface area contributed by atoms with Crippen LogP contribution in [0.2, 0.25) is 0 Å². The number of sulfonamides is 1. The van der Waals surface area contributed by atoms with Gasteiger partial charge in [-0.1, -0.05) is 0 Å². The summed E-state index contributed by atoms with van der Waals surface area (Å²) in [6.07, 6.45) is 1.25. The Kier molecular flexibility index (Phi) is 2.48. The molecule has 0 unspecified atom stereocenters. The Hall–Kier alpha value is -1.05. The van der Waals surface area contributed by atoms with Crippen LogP contribution in [0.25, 0.3) is 0 Å². The average molecular weight is 245 g/mol. The lowest BCUT2D eigenvalue weighted by atomic mass is 9.97. The summed E-state index contributed by atoms with van der Waals surface area (Å²) >= 11 is 0. The number of halogens is 1. The van der Waals surface area contributed by atoms with Crippen molar-refractivity contribution in [1.82, 2.24) is 9.29 Å². The zero-order valence-corrected chi connectivity index (χ0v) is 9.54. The van der Waals surface area contributed by atoms with Gasteiger partial charge in [0, 0.05) is 24.8 Å². The van der Waals surface area contributed by atoms with Gasteiger partial charge in [-0.2, -0.15) is 4.31 Å². The van der Waals surface area contributed by atoms with Crippen molar-refractivity contribution in [2.24, 2.45) is 5.73 Å². The van der Waals surface area contributed by atoms with Crippen LogP contribution >= 0.6 is 0 Å². The minimum absolute atomic E-state index is 0.186. The molecule has 88 valence electrons. The van der Waals surface area contributed by atoms with Gasteiger partial charge in [0.05, 0.1) is 0 Å². The molecular formula is C9H12FN3O2S. The molecule has 1 saturated heterocycles. The van der Waals surface area contributed by atoms with Gasteiger partial charge in [-0.05, 0) is 19.1 Å². The fourth-order valence-corrected chi connectivity index (χ4v) is 3.30. The van der Waals surface area contributed by atoms with Gasteiger partial charge in [0.15, 0.2) is 5.82 Å². The molecule has 1 fully saturated rings. The summed E-state index contributed by atoms with van der Waals surface area (Å²) in [5, 5.41) is -0.537. The van der Waals surface area contributed by atoms with Gasteiger partial charge in [0.25, 0.3) is 10.0 Å². The molecule has 0 amide bonds. The summed E-state index contributed by atoms with van der Waals surface area (Å²) in [7, 11) is -3.84. The SMILES string of the molecule is CC1(N)CN(S(=O)(=O)c2ncccc2F)C1. The summed E-state index contributed by atoms with van der Waals surface area (Å²) in [6, 6.07) is 2.42. The Labute approximate surface area is 93.1 Å². The minimum Gasteiger partial charge on any atom is -0.323 e. The standard InChI is InChI=1S/C9H12FN3O2S/c1-9(11)5-13(6-9)16(14,15)8-7(10)3-2-4-12-8/h2-4H,5-6,11H2,1H3. The highest BCUT2D eigenvalue weighted by Gasteiger charge is 2.43. The predicted molar refractivity (Wildman–Crippen MR) is 55.5 cm³/mol. The third-order valence-electron chi connectivity index (χ3n) is 2.38. The van der Waals surface area contributed by atoms with Crippen LogP contribution in [0.15, 0.2) is 23.4 Å². The number of nitrogens with two attached hydrogens (primary N) is 1. The Bertz CT molecular complexity index is 507. The number of rotatable bonds is 2. The molecule has 5 nitrogen and oxygen atoms in total. The maximum atomic E-state index is 13.3. The quantitative estimate of drug-likeness (QED) is 0.792. The van der Waals surface area contributed by atoms with Gasteiger partial charge in [-0.3, -0.25) is 0 Å². The van der Waals surface area contributed by atoms with Crippen LogP contribution < -0.4 is 5.73 Å². The summed E-state index contributed by atoms with van der Waals surface area (Å²) in [6.45, 7) is 2.12. The number of hydrogen-bond acceptors (Lipinski definition) is 4. The molecule has 2 N–H and O–H groups in total. The highest BCUT2D eigenvalue weighted by atomic mass is 32.2. The summed E-state index contributed by atoms with van der Waals surface area (Å²) in [5.41, 5.74) is 5.18. The van der Waals surface area contributed by atoms with E-state index < -0.39 is 26.4 Å². The second-order valence-corrected chi connectivity index (χ2v) is 6.07. The largest absolute Gasteiger partial charge is 0.323 e. The lowest BCUT2D eigenvalue weighted by molar-refractivity contribution is 0.175. The van der Waals surface area contributed by atoms with Crippen LogP contribution in [0.5, 0.6) is 0 Å². The van der Waals surface area contributed by atoms with E-state index in [4.69, 9.17) is 5.73 Å². The molecule has 7 heteroatoms. The van der Waals surface area contributed by atoms with E-state index in [-0.39, 0.29) is 13.1 Å². The Morgan fingerprint density at radius 1 is 1.56 bits per heavy atom. The van der Waals surface area contributed by atoms with Gasteiger partial charge in [-0.25, -0.2) is 17.8 Å². The van der Waals surface area contributed by atoms with E-state index in [1.807, 2.05) is 0 Å². The predicted octanol–water partition coefficient (Wildman–Crippen LogP) is -0.0576. The molecular weight excluding hydrogens is 233 g/mol. The summed E-state index contributed by atoms with van der Waals surface area (Å²) in [4.78, 5) is 3.56. The van der Waals surface area contributed by atoms with Crippen LogP contribution in [0, 0.1) is 5.82 Å². The molecule has 0 radical (unpaired) electrons. The van der Waals surface area contributed by atoms with Gasteiger partial charge in [0.1, 0.15) is 0 Å². The van der Waals surface area contributed by atoms with Crippen LogP contribution in [-0.4, -0.2) is 36.3 Å². The normalized spacial score (nSPS) is 20.4. The van der Waals surface area contributed by atoms with Crippen molar-refractivity contribution in [1.29, 1.82) is 0 Å². The molecule has 0 spiro atoms. The lowest BCUT2D eigenvalue weighted by Crippen LogP contribution is -2.66. The van der Waals surface area contributed by atoms with Crippen LogP contribution in [0.3, 0.4) is 0 Å². The van der Waals surface area contributed by atoms with E-state index in [0.29, 0.717) is 0 Å². The molecule has 0 saturated carbocycles. The summed E-state index contributed by atoms with van der Waals surface area (Å²) < 4.78 is 38.2. The first-order valence-electron chi connectivity index (χ1n) is 4.72. The zero-order valence-electron chi connectivity index (χ0n) is 8.72. The molecule has 0 atom stereocenters. The zero-order chi connectivity index (χ0) is 12.0. The third kappa shape index (κ3) is 1.81. The van der Waals surface area contributed by atoms with Crippen LogP contribution in [0.1, 0.15) is 6.92 Å². The van der Waals surface area contributed by atoms with E-state index in [1.165, 1.54) is 12.3 Å². The molecule has 2 heterocycles. The number of hydrogen-bond donors (Lipinski definition) is 1. The number of pyridine rings is 1. The van der Waals surface area contributed by atoms with Crippen LogP contribution in [-0.2, 0) is 10.0 Å². The van der Waals surface area contributed by atoms with Crippen molar-refractivity contribution >= 4 is 10.0 Å². The molecule has 1 aliphatic heterocycles. The molecule has 16 heavy (non-hydrogen) atoms. The van der Waals surface area contributed by atoms with Gasteiger partial charge < -0.3 is 5.73 Å². The van der Waals surface area contributed by atoms with Gasteiger partial charge in [-0.15, -0.1) is 0 Å². The van der Waals surface area contributed by atoms with Crippen molar-refractivity contribution in [3.63, 3.8) is 0 Å². The van der Waals surface area contributed by atoms with E-state index >= 15 is 0 Å². The molecule has 1 aromatic heterocycles. The molecule has 0 bridgehead atoms. The number of aromatic nitrogens is 1. The van der Waals surface area contributed by atoms with E-state index in [1.54, 1.807) is 6.92 Å². The number of nitrogens with zero attached hydrogens (tertiary/aromatic N) is 2. The highest BCUT2D eigenvalue weighted by Crippen LogP contribution is 2.26. The van der Waals surface area contributed by atoms with Crippen molar-refractivity contribution < 1.29 is 12.8 Å². The average Bonchev–Trinajstić information content (AvgIpc) is 2.14. The second-order valence-electron chi connectivity index (χ2n) is 4.22. The van der Waals surface area contributed by atoms with E-state index in [0.717, 1.165) is 10.4 Å². The van der Waals surface area contributed by atoms with Crippen LogP contribution in [0.4, 0.5) is 4.39 Å². The third-order valence-corrected chi connectivity index (χ3v) is 4.11. The Morgan fingerprint density at radius 3 is 2.69 bits per heavy atom. The van der Waals surface area contributed by atoms with E-state index in [9.17, 15) is 12.8 Å². The van der Waals surface area contributed by atoms with Crippen molar-refractivity contribution in [3.05, 3.63) is 24.1 Å². The highest BCUT2D eigenvalue weighted by molar-refractivity contribution is 7.89. The van der Waals surface area contributed by atoms with Gasteiger partial charge >= 0.3 is 0 Å². The summed E-state index contributed by atoms with van der Waals surface area (Å²) in [5.74, 6) is -0.840. The first-order valence-corrected chi connectivity index (χ1v) is 6.16. The Morgan fingerprint density at radius 2 is 2.19 bits per heavy atom. The second kappa shape index (κ2) is 3.47. The fourth-order valence-electron chi connectivity index (χ4n) is 1.61. The van der Waals surface area contributed by atoms with Gasteiger partial charge in [0.2, 0.25) is 5.03 Å². The van der Waals surface area contributed by atoms with E-state index in [2.05, 4.69) is 4.98 Å². The first-order chi connectivity index (χ1) is 7.33. The monoisotopic (exact) mass is 245 g/mol. The fraction of sp³-hybridized carbons (Fsp3) is 0.444. The molecule has 0 aromatic carbocycles. The van der Waals surface area contributed by atoms with Crippen molar-refractivity contribution in [2.45, 2.75) is 17.5 Å². The maximum Gasteiger partial charge on any atom is 0.263 e. The lowest BCUT2D eigenvalue weighted by Gasteiger charge is -2.43. The Balaban J connectivity index is 2.32. The van der Waals surface area contributed by atoms with Crippen molar-refractivity contribution in [2.75, 3.05) is 13.1 Å². The molecule has 1 aliphatic rings. The molecule has 1 aromatic rings. The molecule has 2 rings (SSSR count). The minimum atomic E-state index is -3.84. The maximum absolute atomic E-state index is 13.3. The topological polar surface area (TPSA) is 76.3 Å². The van der Waals surface area contributed by atoms with Crippen molar-refractivity contribution in [3.8, 4) is 0 Å². The molecule has 0 aliphatic carbocycles.